The highest BCUT2D eigenvalue weighted by Gasteiger charge is 2.17. The van der Waals surface area contributed by atoms with Crippen molar-refractivity contribution in [2.24, 2.45) is 0 Å². The first kappa shape index (κ1) is 26.1. The number of hydrogen-bond acceptors (Lipinski definition) is 2. The summed E-state index contributed by atoms with van der Waals surface area (Å²) in [5, 5.41) is 7.82. The van der Waals surface area contributed by atoms with Gasteiger partial charge < -0.3 is 4.74 Å². The van der Waals surface area contributed by atoms with Crippen molar-refractivity contribution in [3.8, 4) is 28.3 Å². The summed E-state index contributed by atoms with van der Waals surface area (Å²) in [6, 6.07) is 20.6. The van der Waals surface area contributed by atoms with Gasteiger partial charge in [-0.1, -0.05) is 151 Å². The monoisotopic (exact) mass is 460 g/mol. The standard InChI is InChI=1S/C31H44N2O/c1-2-3-4-5-6-7-8-9-10-11-12-13-14-21-26-34-31-29(27-22-17-15-18-23-27)32-33-30(31)28-24-19-16-20-25-28/h15-20,22-25H,2-14,21,26H2,1H3,(H,32,33). The maximum absolute atomic E-state index is 6.33. The zero-order chi connectivity index (χ0) is 23.7. The number of H-pyrrole nitrogens is 1. The molecule has 0 aliphatic carbocycles. The van der Waals surface area contributed by atoms with Crippen molar-refractivity contribution in [3.63, 3.8) is 0 Å². The van der Waals surface area contributed by atoms with Crippen LogP contribution in [0.15, 0.2) is 60.7 Å². The van der Waals surface area contributed by atoms with Crippen LogP contribution in [-0.2, 0) is 0 Å². The summed E-state index contributed by atoms with van der Waals surface area (Å²) in [6.07, 6.45) is 19.1. The topological polar surface area (TPSA) is 37.9 Å². The number of nitrogens with zero attached hydrogens (tertiary/aromatic N) is 1. The molecule has 3 rings (SSSR count). The first-order chi connectivity index (χ1) is 16.9. The number of nitrogens with one attached hydrogen (secondary N) is 1. The number of rotatable bonds is 18. The van der Waals surface area contributed by atoms with Gasteiger partial charge in [-0.05, 0) is 6.42 Å². The molecule has 0 aliphatic heterocycles. The van der Waals surface area contributed by atoms with E-state index in [-0.39, 0.29) is 0 Å². The van der Waals surface area contributed by atoms with Crippen molar-refractivity contribution >= 4 is 0 Å². The summed E-state index contributed by atoms with van der Waals surface area (Å²) in [6.45, 7) is 3.02. The van der Waals surface area contributed by atoms with Crippen LogP contribution in [-0.4, -0.2) is 16.8 Å². The van der Waals surface area contributed by atoms with Crippen LogP contribution in [0.4, 0.5) is 0 Å². The predicted molar refractivity (Wildman–Crippen MR) is 145 cm³/mol. The average Bonchev–Trinajstić information content (AvgIpc) is 3.31. The van der Waals surface area contributed by atoms with Gasteiger partial charge in [-0.2, -0.15) is 5.10 Å². The molecule has 2 aromatic carbocycles. The second-order valence-corrected chi connectivity index (χ2v) is 9.45. The molecule has 0 atom stereocenters. The van der Waals surface area contributed by atoms with E-state index in [0.717, 1.165) is 41.3 Å². The van der Waals surface area contributed by atoms with Gasteiger partial charge in [0.2, 0.25) is 0 Å². The molecule has 0 saturated heterocycles. The second-order valence-electron chi connectivity index (χ2n) is 9.45. The van der Waals surface area contributed by atoms with Gasteiger partial charge in [-0.15, -0.1) is 0 Å². The molecule has 3 heteroatoms. The number of aromatic amines is 1. The smallest absolute Gasteiger partial charge is 0.172 e. The molecule has 0 bridgehead atoms. The third kappa shape index (κ3) is 9.00. The summed E-state index contributed by atoms with van der Waals surface area (Å²) in [5.41, 5.74) is 4.04. The second kappa shape index (κ2) is 16.1. The van der Waals surface area contributed by atoms with Gasteiger partial charge in [-0.25, -0.2) is 0 Å². The minimum Gasteiger partial charge on any atom is -0.489 e. The van der Waals surface area contributed by atoms with E-state index < -0.39 is 0 Å². The van der Waals surface area contributed by atoms with Crippen molar-refractivity contribution in [1.82, 2.24) is 10.2 Å². The average molecular weight is 461 g/mol. The largest absolute Gasteiger partial charge is 0.489 e. The van der Waals surface area contributed by atoms with Crippen molar-refractivity contribution in [2.45, 2.75) is 96.8 Å². The Bertz CT molecular complexity index is 831. The maximum Gasteiger partial charge on any atom is 0.172 e. The molecule has 0 fully saturated rings. The molecule has 1 N–H and O–H groups in total. The fourth-order valence-electron chi connectivity index (χ4n) is 4.54. The first-order valence-corrected chi connectivity index (χ1v) is 13.7. The van der Waals surface area contributed by atoms with Crippen molar-refractivity contribution in [3.05, 3.63) is 60.7 Å². The van der Waals surface area contributed by atoms with E-state index in [1.807, 2.05) is 24.3 Å². The number of benzene rings is 2. The zero-order valence-corrected chi connectivity index (χ0v) is 21.2. The summed E-state index contributed by atoms with van der Waals surface area (Å²) in [7, 11) is 0. The molecule has 0 saturated carbocycles. The Morgan fingerprint density at radius 2 is 1.06 bits per heavy atom. The van der Waals surface area contributed by atoms with E-state index in [1.165, 1.54) is 83.5 Å². The molecule has 3 nitrogen and oxygen atoms in total. The molecule has 1 heterocycles. The highest BCUT2D eigenvalue weighted by molar-refractivity contribution is 5.77. The molecule has 1 aromatic heterocycles. The van der Waals surface area contributed by atoms with Crippen LogP contribution in [0.1, 0.15) is 96.8 Å². The minimum atomic E-state index is 0.733. The normalized spacial score (nSPS) is 11.1. The third-order valence-corrected chi connectivity index (χ3v) is 6.58. The van der Waals surface area contributed by atoms with E-state index in [9.17, 15) is 0 Å². The molecule has 0 amide bonds. The van der Waals surface area contributed by atoms with Gasteiger partial charge in [-0.3, -0.25) is 5.10 Å². The van der Waals surface area contributed by atoms with E-state index in [2.05, 4.69) is 53.5 Å². The van der Waals surface area contributed by atoms with Gasteiger partial charge in [0.25, 0.3) is 0 Å². The van der Waals surface area contributed by atoms with Crippen LogP contribution in [0.2, 0.25) is 0 Å². The summed E-state index contributed by atoms with van der Waals surface area (Å²) < 4.78 is 6.33. The van der Waals surface area contributed by atoms with Gasteiger partial charge in [0.05, 0.1) is 6.61 Å². The van der Waals surface area contributed by atoms with E-state index in [4.69, 9.17) is 4.74 Å². The molecule has 3 aromatic rings. The van der Waals surface area contributed by atoms with Crippen molar-refractivity contribution < 1.29 is 4.74 Å². The van der Waals surface area contributed by atoms with E-state index >= 15 is 0 Å². The van der Waals surface area contributed by atoms with Gasteiger partial charge in [0.15, 0.2) is 5.75 Å². The first-order valence-electron chi connectivity index (χ1n) is 13.7. The molecule has 34 heavy (non-hydrogen) atoms. The molecular weight excluding hydrogens is 416 g/mol. The lowest BCUT2D eigenvalue weighted by Crippen LogP contribution is -1.99. The molecule has 0 spiro atoms. The summed E-state index contributed by atoms with van der Waals surface area (Å²) in [5.74, 6) is 0.868. The quantitative estimate of drug-likeness (QED) is 0.192. The van der Waals surface area contributed by atoms with Gasteiger partial charge in [0.1, 0.15) is 11.4 Å². The van der Waals surface area contributed by atoms with Gasteiger partial charge >= 0.3 is 0 Å². The fourth-order valence-corrected chi connectivity index (χ4v) is 4.54. The third-order valence-electron chi connectivity index (χ3n) is 6.58. The van der Waals surface area contributed by atoms with Crippen LogP contribution in [0.5, 0.6) is 5.75 Å². The van der Waals surface area contributed by atoms with E-state index in [0.29, 0.717) is 0 Å². The van der Waals surface area contributed by atoms with Crippen LogP contribution in [0, 0.1) is 0 Å². The lowest BCUT2D eigenvalue weighted by Gasteiger charge is -2.09. The Balaban J connectivity index is 1.34. The fraction of sp³-hybridized carbons (Fsp3) is 0.516. The minimum absolute atomic E-state index is 0.733. The molecule has 0 radical (unpaired) electrons. The van der Waals surface area contributed by atoms with Gasteiger partial charge in [0, 0.05) is 11.1 Å². The van der Waals surface area contributed by atoms with Crippen molar-refractivity contribution in [2.75, 3.05) is 6.61 Å². The van der Waals surface area contributed by atoms with Crippen LogP contribution < -0.4 is 4.74 Å². The number of hydrogen-bond donors (Lipinski definition) is 1. The molecule has 0 unspecified atom stereocenters. The highest BCUT2D eigenvalue weighted by atomic mass is 16.5. The Kier molecular flexibility index (Phi) is 12.4. The summed E-state index contributed by atoms with van der Waals surface area (Å²) >= 11 is 0. The number of aromatic nitrogens is 2. The predicted octanol–water partition coefficient (Wildman–Crippen LogP) is 9.60. The van der Waals surface area contributed by atoms with Crippen molar-refractivity contribution in [1.29, 1.82) is 0 Å². The SMILES string of the molecule is CCCCCCCCCCCCCCCCOc1c(-c2ccccc2)n[nH]c1-c1ccccc1. The lowest BCUT2D eigenvalue weighted by molar-refractivity contribution is 0.306. The van der Waals surface area contributed by atoms with E-state index in [1.54, 1.807) is 0 Å². The lowest BCUT2D eigenvalue weighted by atomic mass is 10.0. The Morgan fingerprint density at radius 1 is 0.588 bits per heavy atom. The van der Waals surface area contributed by atoms with Crippen LogP contribution in [0.3, 0.4) is 0 Å². The van der Waals surface area contributed by atoms with Crippen LogP contribution >= 0.6 is 0 Å². The Labute approximate surface area is 207 Å². The Morgan fingerprint density at radius 3 is 1.59 bits per heavy atom. The zero-order valence-electron chi connectivity index (χ0n) is 21.2. The number of ether oxygens (including phenoxy) is 1. The molecular formula is C31H44N2O. The number of unbranched alkanes of at least 4 members (excludes halogenated alkanes) is 13. The molecule has 184 valence electrons. The Hall–Kier alpha value is -2.55. The highest BCUT2D eigenvalue weighted by Crippen LogP contribution is 2.37. The molecule has 0 aliphatic rings. The van der Waals surface area contributed by atoms with Crippen LogP contribution in [0.25, 0.3) is 22.5 Å². The summed E-state index contributed by atoms with van der Waals surface area (Å²) in [4.78, 5) is 0. The maximum atomic E-state index is 6.33.